The number of carbonyl (C=O) groups is 1. The highest BCUT2D eigenvalue weighted by molar-refractivity contribution is 7.92. The summed E-state index contributed by atoms with van der Waals surface area (Å²) in [5, 5.41) is 0. The van der Waals surface area contributed by atoms with Crippen LogP contribution in [0.1, 0.15) is 26.7 Å². The van der Waals surface area contributed by atoms with E-state index in [1.54, 1.807) is 0 Å². The maximum Gasteiger partial charge on any atom is 0.157 e. The van der Waals surface area contributed by atoms with Crippen molar-refractivity contribution in [3.63, 3.8) is 0 Å². The van der Waals surface area contributed by atoms with Crippen LogP contribution >= 0.6 is 0 Å². The molecule has 1 aliphatic heterocycles. The molecule has 0 amide bonds. The molecule has 0 aliphatic carbocycles. The molecule has 0 N–H and O–H groups in total. The van der Waals surface area contributed by atoms with E-state index in [0.717, 1.165) is 0 Å². The van der Waals surface area contributed by atoms with Gasteiger partial charge >= 0.3 is 0 Å². The van der Waals surface area contributed by atoms with Gasteiger partial charge in [0.25, 0.3) is 0 Å². The molecular formula is C11H20O4S. The predicted molar refractivity (Wildman–Crippen MR) is 62.0 cm³/mol. The van der Waals surface area contributed by atoms with Gasteiger partial charge in [-0.15, -0.1) is 0 Å². The van der Waals surface area contributed by atoms with Gasteiger partial charge in [-0.25, -0.2) is 8.42 Å². The summed E-state index contributed by atoms with van der Waals surface area (Å²) in [5.74, 6) is -0.229. The first-order valence-electron chi connectivity index (χ1n) is 5.71. The molecule has 1 rings (SSSR count). The molecule has 1 atom stereocenters. The second kappa shape index (κ2) is 5.77. The SMILES string of the molecule is CC(C)CCS(=O)(=O)CC(=O)C1CCOC1. The van der Waals surface area contributed by atoms with Crippen molar-refractivity contribution in [2.24, 2.45) is 11.8 Å². The lowest BCUT2D eigenvalue weighted by atomic mass is 10.1. The van der Waals surface area contributed by atoms with E-state index in [0.29, 0.717) is 32.0 Å². The van der Waals surface area contributed by atoms with Crippen LogP contribution in [0.3, 0.4) is 0 Å². The van der Waals surface area contributed by atoms with Gasteiger partial charge in [0.15, 0.2) is 15.6 Å². The van der Waals surface area contributed by atoms with Crippen LogP contribution in [0.25, 0.3) is 0 Å². The van der Waals surface area contributed by atoms with E-state index in [-0.39, 0.29) is 23.2 Å². The van der Waals surface area contributed by atoms with Gasteiger partial charge < -0.3 is 4.74 Å². The van der Waals surface area contributed by atoms with Crippen molar-refractivity contribution in [1.29, 1.82) is 0 Å². The molecule has 4 nitrogen and oxygen atoms in total. The van der Waals surface area contributed by atoms with Gasteiger partial charge in [0.05, 0.1) is 12.4 Å². The summed E-state index contributed by atoms with van der Waals surface area (Å²) in [5.41, 5.74) is 0. The first-order chi connectivity index (χ1) is 7.41. The molecule has 1 heterocycles. The summed E-state index contributed by atoms with van der Waals surface area (Å²) in [7, 11) is -3.22. The van der Waals surface area contributed by atoms with Crippen molar-refractivity contribution < 1.29 is 17.9 Å². The van der Waals surface area contributed by atoms with Gasteiger partial charge in [-0.1, -0.05) is 13.8 Å². The molecule has 0 spiro atoms. The molecule has 16 heavy (non-hydrogen) atoms. The third kappa shape index (κ3) is 4.61. The van der Waals surface area contributed by atoms with Crippen LogP contribution < -0.4 is 0 Å². The van der Waals surface area contributed by atoms with E-state index >= 15 is 0 Å². The van der Waals surface area contributed by atoms with Gasteiger partial charge in [0.2, 0.25) is 0 Å². The van der Waals surface area contributed by atoms with Crippen molar-refractivity contribution >= 4 is 15.6 Å². The number of ketones is 1. The van der Waals surface area contributed by atoms with E-state index < -0.39 is 9.84 Å². The molecule has 0 bridgehead atoms. The van der Waals surface area contributed by atoms with Crippen LogP contribution in [0.2, 0.25) is 0 Å². The number of Topliss-reactive ketones (excluding diaryl/α,β-unsaturated/α-hetero) is 1. The quantitative estimate of drug-likeness (QED) is 0.705. The highest BCUT2D eigenvalue weighted by atomic mass is 32.2. The summed E-state index contributed by atoms with van der Waals surface area (Å²) in [6.07, 6.45) is 1.29. The summed E-state index contributed by atoms with van der Waals surface area (Å²) in [6.45, 7) is 4.91. The lowest BCUT2D eigenvalue weighted by molar-refractivity contribution is -0.120. The highest BCUT2D eigenvalue weighted by Gasteiger charge is 2.27. The van der Waals surface area contributed by atoms with Crippen LogP contribution in [0.4, 0.5) is 0 Å². The van der Waals surface area contributed by atoms with E-state index in [9.17, 15) is 13.2 Å². The third-order valence-electron chi connectivity index (χ3n) is 2.75. The zero-order valence-electron chi connectivity index (χ0n) is 9.94. The number of ether oxygens (including phenoxy) is 1. The fourth-order valence-corrected chi connectivity index (χ4v) is 3.25. The largest absolute Gasteiger partial charge is 0.381 e. The zero-order chi connectivity index (χ0) is 12.2. The van der Waals surface area contributed by atoms with Gasteiger partial charge in [0, 0.05) is 12.5 Å². The van der Waals surface area contributed by atoms with E-state index in [4.69, 9.17) is 4.74 Å². The highest BCUT2D eigenvalue weighted by Crippen LogP contribution is 2.15. The molecular weight excluding hydrogens is 228 g/mol. The second-order valence-corrected chi connectivity index (χ2v) is 6.99. The Morgan fingerprint density at radius 1 is 1.44 bits per heavy atom. The van der Waals surface area contributed by atoms with Crippen LogP contribution in [-0.2, 0) is 19.4 Å². The van der Waals surface area contributed by atoms with E-state index in [2.05, 4.69) is 0 Å². The molecule has 0 saturated carbocycles. The number of sulfone groups is 1. The minimum Gasteiger partial charge on any atom is -0.381 e. The summed E-state index contributed by atoms with van der Waals surface area (Å²) in [4.78, 5) is 11.6. The standard InChI is InChI=1S/C11H20O4S/c1-9(2)4-6-16(13,14)8-11(12)10-3-5-15-7-10/h9-10H,3-8H2,1-2H3. The van der Waals surface area contributed by atoms with Crippen molar-refractivity contribution in [2.75, 3.05) is 24.7 Å². The smallest absolute Gasteiger partial charge is 0.157 e. The lowest BCUT2D eigenvalue weighted by Gasteiger charge is -2.08. The fourth-order valence-electron chi connectivity index (χ4n) is 1.61. The topological polar surface area (TPSA) is 60.4 Å². The predicted octanol–water partition coefficient (Wildman–Crippen LogP) is 1.05. The number of hydrogen-bond acceptors (Lipinski definition) is 4. The molecule has 1 saturated heterocycles. The molecule has 0 radical (unpaired) electrons. The molecule has 0 aromatic heterocycles. The molecule has 1 fully saturated rings. The minimum absolute atomic E-state index is 0.115. The van der Waals surface area contributed by atoms with Crippen LogP contribution in [0, 0.1) is 11.8 Å². The minimum atomic E-state index is -3.22. The maximum absolute atomic E-state index is 11.6. The number of rotatable bonds is 6. The van der Waals surface area contributed by atoms with E-state index in [1.165, 1.54) is 0 Å². The van der Waals surface area contributed by atoms with Crippen LogP contribution in [0.15, 0.2) is 0 Å². The molecule has 0 aromatic carbocycles. The molecule has 5 heteroatoms. The zero-order valence-corrected chi connectivity index (χ0v) is 10.8. The number of carbonyl (C=O) groups excluding carboxylic acids is 1. The molecule has 1 aliphatic rings. The Hall–Kier alpha value is -0.420. The Morgan fingerprint density at radius 3 is 2.62 bits per heavy atom. The fraction of sp³-hybridized carbons (Fsp3) is 0.909. The Morgan fingerprint density at radius 2 is 2.12 bits per heavy atom. The van der Waals surface area contributed by atoms with Gasteiger partial charge in [-0.3, -0.25) is 4.79 Å². The Balaban J connectivity index is 2.42. The van der Waals surface area contributed by atoms with Crippen LogP contribution in [-0.4, -0.2) is 38.9 Å². The Bertz CT molecular complexity index is 326. The molecule has 94 valence electrons. The average Bonchev–Trinajstić information content (AvgIpc) is 2.67. The van der Waals surface area contributed by atoms with Crippen molar-refractivity contribution in [3.05, 3.63) is 0 Å². The monoisotopic (exact) mass is 248 g/mol. The first kappa shape index (κ1) is 13.6. The van der Waals surface area contributed by atoms with Crippen molar-refractivity contribution in [1.82, 2.24) is 0 Å². The average molecular weight is 248 g/mol. The van der Waals surface area contributed by atoms with Gasteiger partial charge in [-0.2, -0.15) is 0 Å². The molecule has 1 unspecified atom stereocenters. The first-order valence-corrected chi connectivity index (χ1v) is 7.54. The van der Waals surface area contributed by atoms with Gasteiger partial charge in [-0.05, 0) is 18.8 Å². The second-order valence-electron chi connectivity index (χ2n) is 4.80. The lowest BCUT2D eigenvalue weighted by Crippen LogP contribution is -2.26. The summed E-state index contributed by atoms with van der Waals surface area (Å²) in [6, 6.07) is 0. The van der Waals surface area contributed by atoms with Crippen molar-refractivity contribution in [3.8, 4) is 0 Å². The summed E-state index contributed by atoms with van der Waals surface area (Å²) >= 11 is 0. The van der Waals surface area contributed by atoms with E-state index in [1.807, 2.05) is 13.8 Å². The summed E-state index contributed by atoms with van der Waals surface area (Å²) < 4.78 is 28.4. The Kier molecular flexibility index (Phi) is 4.92. The van der Waals surface area contributed by atoms with Crippen LogP contribution in [0.5, 0.6) is 0 Å². The maximum atomic E-state index is 11.6. The Labute approximate surface area is 97.3 Å². The van der Waals surface area contributed by atoms with Gasteiger partial charge in [0.1, 0.15) is 5.75 Å². The third-order valence-corrected chi connectivity index (χ3v) is 4.34. The van der Waals surface area contributed by atoms with Crippen molar-refractivity contribution in [2.45, 2.75) is 26.7 Å². The normalized spacial score (nSPS) is 21.6. The molecule has 0 aromatic rings. The number of hydrogen-bond donors (Lipinski definition) is 0.